The van der Waals surface area contributed by atoms with Crippen molar-refractivity contribution in [3.63, 3.8) is 0 Å². The Hall–Kier alpha value is -3.90. The van der Waals surface area contributed by atoms with Gasteiger partial charge in [-0.3, -0.25) is 24.2 Å². The maximum absolute atomic E-state index is 12.7. The number of aromatic nitrogens is 1. The molecule has 1 amide bonds. The van der Waals surface area contributed by atoms with Crippen molar-refractivity contribution in [2.45, 2.75) is 6.54 Å². The minimum atomic E-state index is -0.990. The fourth-order valence-corrected chi connectivity index (χ4v) is 4.16. The summed E-state index contributed by atoms with van der Waals surface area (Å²) in [5.41, 5.74) is 5.96. The minimum Gasteiger partial charge on any atom is -0.618 e. The van der Waals surface area contributed by atoms with Crippen LogP contribution in [0.2, 0.25) is 0 Å². The van der Waals surface area contributed by atoms with Gasteiger partial charge in [-0.05, 0) is 11.5 Å². The zero-order valence-corrected chi connectivity index (χ0v) is 20.0. The predicted molar refractivity (Wildman–Crippen MR) is 131 cm³/mol. The van der Waals surface area contributed by atoms with Gasteiger partial charge < -0.3 is 31.0 Å². The SMILES string of the molecule is NC(=O)CN1/C=C\N(Cc2c3ccccc3cc[n+]2[O-])CCN(CC(=O)O)CCN(CC(=O)O)CC1. The Kier molecular flexibility index (Phi) is 9.42. The zero-order valence-electron chi connectivity index (χ0n) is 20.0. The van der Waals surface area contributed by atoms with Gasteiger partial charge >= 0.3 is 11.9 Å². The largest absolute Gasteiger partial charge is 0.618 e. The molecule has 4 N–H and O–H groups in total. The number of carbonyl (C=O) groups excluding carboxylic acids is 1. The molecule has 0 aliphatic carbocycles. The van der Waals surface area contributed by atoms with Crippen LogP contribution in [0.15, 0.2) is 48.9 Å². The Morgan fingerprint density at radius 1 is 0.833 bits per heavy atom. The quantitative estimate of drug-likeness (QED) is 0.313. The number of nitrogens with two attached hydrogens (primary N) is 1. The molecule has 12 heteroatoms. The molecule has 0 saturated carbocycles. The molecule has 1 aromatic carbocycles. The van der Waals surface area contributed by atoms with E-state index in [1.807, 2.05) is 29.2 Å². The molecule has 2 aromatic rings. The number of hydrogen-bond donors (Lipinski definition) is 3. The summed E-state index contributed by atoms with van der Waals surface area (Å²) in [4.78, 5) is 41.4. The Morgan fingerprint density at radius 2 is 1.39 bits per heavy atom. The van der Waals surface area contributed by atoms with Gasteiger partial charge in [-0.1, -0.05) is 18.2 Å². The Labute approximate surface area is 209 Å². The van der Waals surface area contributed by atoms with E-state index in [4.69, 9.17) is 5.73 Å². The molecule has 0 bridgehead atoms. The van der Waals surface area contributed by atoms with E-state index in [1.54, 1.807) is 33.2 Å². The van der Waals surface area contributed by atoms with Crippen LogP contribution in [0.3, 0.4) is 0 Å². The maximum atomic E-state index is 12.7. The highest BCUT2D eigenvalue weighted by Gasteiger charge is 2.19. The number of primary amides is 1. The number of nitrogens with zero attached hydrogens (tertiary/aromatic N) is 5. The lowest BCUT2D eigenvalue weighted by Gasteiger charge is -2.31. The van der Waals surface area contributed by atoms with Gasteiger partial charge in [-0.25, -0.2) is 0 Å². The van der Waals surface area contributed by atoms with Crippen LogP contribution in [0.4, 0.5) is 0 Å². The van der Waals surface area contributed by atoms with Crippen LogP contribution in [0, 0.1) is 5.21 Å². The second-order valence-electron chi connectivity index (χ2n) is 8.72. The van der Waals surface area contributed by atoms with Gasteiger partial charge in [0.25, 0.3) is 0 Å². The lowest BCUT2D eigenvalue weighted by atomic mass is 10.1. The maximum Gasteiger partial charge on any atom is 0.317 e. The van der Waals surface area contributed by atoms with Crippen LogP contribution in [0.25, 0.3) is 10.8 Å². The Bertz CT molecular complexity index is 1110. The van der Waals surface area contributed by atoms with Crippen molar-refractivity contribution >= 4 is 28.6 Å². The molecular formula is C24H32N6O6. The molecular weight excluding hydrogens is 468 g/mol. The summed E-state index contributed by atoms with van der Waals surface area (Å²) in [5, 5.41) is 33.1. The van der Waals surface area contributed by atoms with Gasteiger partial charge in [-0.15, -0.1) is 0 Å². The van der Waals surface area contributed by atoms with Crippen LogP contribution < -0.4 is 10.5 Å². The van der Waals surface area contributed by atoms with E-state index in [-0.39, 0.29) is 26.2 Å². The topological polar surface area (TPSA) is 158 Å². The van der Waals surface area contributed by atoms with E-state index < -0.39 is 17.8 Å². The Balaban J connectivity index is 1.90. The first-order chi connectivity index (χ1) is 17.2. The normalized spacial score (nSPS) is 17.3. The number of benzene rings is 1. The first-order valence-electron chi connectivity index (χ1n) is 11.6. The smallest absolute Gasteiger partial charge is 0.317 e. The molecule has 1 aliphatic heterocycles. The van der Waals surface area contributed by atoms with E-state index in [2.05, 4.69) is 0 Å². The molecule has 1 aliphatic rings. The van der Waals surface area contributed by atoms with E-state index in [1.165, 1.54) is 6.20 Å². The second kappa shape index (κ2) is 12.7. The van der Waals surface area contributed by atoms with Gasteiger partial charge in [-0.2, -0.15) is 4.73 Å². The number of amides is 1. The summed E-state index contributed by atoms with van der Waals surface area (Å²) in [6.07, 6.45) is 4.92. The second-order valence-corrected chi connectivity index (χ2v) is 8.72. The van der Waals surface area contributed by atoms with Crippen molar-refractivity contribution < 1.29 is 29.3 Å². The third kappa shape index (κ3) is 8.10. The van der Waals surface area contributed by atoms with Crippen LogP contribution in [-0.2, 0) is 20.9 Å². The zero-order chi connectivity index (χ0) is 26.1. The highest BCUT2D eigenvalue weighted by Crippen LogP contribution is 2.17. The fraction of sp³-hybridized carbons (Fsp3) is 0.417. The average molecular weight is 501 g/mol. The van der Waals surface area contributed by atoms with Gasteiger partial charge in [0, 0.05) is 57.7 Å². The van der Waals surface area contributed by atoms with Gasteiger partial charge in [0.05, 0.1) is 25.0 Å². The first kappa shape index (κ1) is 26.7. The number of carboxylic acid groups (broad SMARTS) is 2. The van der Waals surface area contributed by atoms with Crippen molar-refractivity contribution in [3.8, 4) is 0 Å². The number of aliphatic carboxylic acids is 2. The van der Waals surface area contributed by atoms with Crippen molar-refractivity contribution in [1.29, 1.82) is 0 Å². The molecule has 0 radical (unpaired) electrons. The van der Waals surface area contributed by atoms with Crippen molar-refractivity contribution in [2.75, 3.05) is 58.9 Å². The summed E-state index contributed by atoms with van der Waals surface area (Å²) < 4.78 is 0.826. The molecule has 36 heavy (non-hydrogen) atoms. The molecule has 194 valence electrons. The third-order valence-electron chi connectivity index (χ3n) is 5.98. The van der Waals surface area contributed by atoms with E-state index in [0.29, 0.717) is 45.0 Å². The van der Waals surface area contributed by atoms with E-state index >= 15 is 0 Å². The minimum absolute atomic E-state index is 0.0494. The van der Waals surface area contributed by atoms with Crippen LogP contribution >= 0.6 is 0 Å². The summed E-state index contributed by atoms with van der Waals surface area (Å²) in [5.74, 6) is -2.49. The molecule has 0 spiro atoms. The number of rotatable bonds is 8. The number of fused-ring (bicyclic) bond motifs is 1. The van der Waals surface area contributed by atoms with Crippen molar-refractivity contribution in [2.24, 2.45) is 5.73 Å². The predicted octanol–water partition coefficient (Wildman–Crippen LogP) is -0.679. The van der Waals surface area contributed by atoms with E-state index in [9.17, 15) is 29.8 Å². The van der Waals surface area contributed by atoms with Crippen LogP contribution in [-0.4, -0.2) is 107 Å². The molecule has 0 fully saturated rings. The molecule has 0 unspecified atom stereocenters. The molecule has 3 rings (SSSR count). The first-order valence-corrected chi connectivity index (χ1v) is 11.6. The fourth-order valence-electron chi connectivity index (χ4n) is 4.16. The van der Waals surface area contributed by atoms with Gasteiger partial charge in [0.15, 0.2) is 6.20 Å². The highest BCUT2D eigenvalue weighted by molar-refractivity contribution is 5.83. The standard InChI is InChI=1S/C24H32N6O6/c25-22(31)16-27-9-7-26(15-21-20-4-2-1-3-19(20)5-6-30(21)36)8-11-28(17-23(32)33)13-14-29(12-10-27)18-24(34)35/h1-7,9H,8,10-18H2,(H2,25,31)(H,32,33)(H,34,35)/b9-7-. The summed E-state index contributed by atoms with van der Waals surface area (Å²) in [7, 11) is 0. The van der Waals surface area contributed by atoms with E-state index in [0.717, 1.165) is 15.5 Å². The van der Waals surface area contributed by atoms with Crippen LogP contribution in [0.5, 0.6) is 0 Å². The molecule has 2 heterocycles. The third-order valence-corrected chi connectivity index (χ3v) is 5.98. The number of carbonyl (C=O) groups is 3. The van der Waals surface area contributed by atoms with Crippen molar-refractivity contribution in [1.82, 2.24) is 19.6 Å². The number of pyridine rings is 1. The van der Waals surface area contributed by atoms with Crippen LogP contribution in [0.1, 0.15) is 5.69 Å². The summed E-state index contributed by atoms with van der Waals surface area (Å²) >= 11 is 0. The molecule has 0 saturated heterocycles. The van der Waals surface area contributed by atoms with Gasteiger partial charge in [0.1, 0.15) is 6.54 Å². The Morgan fingerprint density at radius 3 is 2.00 bits per heavy atom. The average Bonchev–Trinajstić information content (AvgIpc) is 2.81. The molecule has 12 nitrogen and oxygen atoms in total. The highest BCUT2D eigenvalue weighted by atomic mass is 16.5. The summed E-state index contributed by atoms with van der Waals surface area (Å²) in [6, 6.07) is 9.33. The number of carboxylic acids is 2. The van der Waals surface area contributed by atoms with Gasteiger partial charge in [0.2, 0.25) is 11.6 Å². The monoisotopic (exact) mass is 500 g/mol. The lowest BCUT2D eigenvalue weighted by molar-refractivity contribution is -0.613. The number of hydrogen-bond acceptors (Lipinski definition) is 8. The molecule has 0 atom stereocenters. The lowest BCUT2D eigenvalue weighted by Crippen LogP contribution is -2.45. The molecule has 1 aromatic heterocycles. The summed E-state index contributed by atoms with van der Waals surface area (Å²) in [6.45, 7) is 1.97. The van der Waals surface area contributed by atoms with Crippen molar-refractivity contribution in [3.05, 3.63) is 59.8 Å².